The fraction of sp³-hybridized carbons (Fsp3) is 0.200. The molecule has 3 nitrogen and oxygen atoms in total. The first-order chi connectivity index (χ1) is 7.63. The number of rotatable bonds is 2. The minimum absolute atomic E-state index is 0.643. The van der Waals surface area contributed by atoms with Crippen LogP contribution in [0.4, 0.5) is 0 Å². The Bertz CT molecular complexity index is 574. The van der Waals surface area contributed by atoms with E-state index in [1.807, 2.05) is 29.7 Å². The van der Waals surface area contributed by atoms with Gasteiger partial charge in [-0.1, -0.05) is 31.9 Å². The average Bonchev–Trinajstić information content (AvgIpc) is 2.63. The topological polar surface area (TPSA) is 33.6 Å². The van der Waals surface area contributed by atoms with Crippen molar-refractivity contribution in [1.29, 1.82) is 0 Å². The standard InChI is InChI=1S/C10H9Br2N3S/c1-2-15-9(13-14-10(15)16)7-5-6(11)3-4-8(7)12/h3-5H,2H2,1H3,(H,14,16). The molecular formula is C10H9Br2N3S. The number of aromatic amines is 1. The molecule has 0 spiro atoms. The van der Waals surface area contributed by atoms with Crippen molar-refractivity contribution in [2.75, 3.05) is 0 Å². The third-order valence-corrected chi connectivity index (χ3v) is 3.74. The highest BCUT2D eigenvalue weighted by atomic mass is 79.9. The van der Waals surface area contributed by atoms with Crippen LogP contribution < -0.4 is 0 Å². The van der Waals surface area contributed by atoms with E-state index in [9.17, 15) is 0 Å². The largest absolute Gasteiger partial charge is 0.300 e. The Morgan fingerprint density at radius 2 is 2.19 bits per heavy atom. The summed E-state index contributed by atoms with van der Waals surface area (Å²) < 4.78 is 4.62. The lowest BCUT2D eigenvalue weighted by Gasteiger charge is -2.06. The summed E-state index contributed by atoms with van der Waals surface area (Å²) in [6.45, 7) is 2.84. The second-order valence-electron chi connectivity index (χ2n) is 3.22. The SMILES string of the molecule is CCn1c(-c2cc(Br)ccc2Br)n[nH]c1=S. The number of hydrogen-bond acceptors (Lipinski definition) is 2. The molecule has 1 heterocycles. The lowest BCUT2D eigenvalue weighted by atomic mass is 10.2. The van der Waals surface area contributed by atoms with Crippen molar-refractivity contribution in [3.63, 3.8) is 0 Å². The summed E-state index contributed by atoms with van der Waals surface area (Å²) in [5, 5.41) is 7.07. The van der Waals surface area contributed by atoms with Crippen molar-refractivity contribution in [2.24, 2.45) is 0 Å². The van der Waals surface area contributed by atoms with Crippen LogP contribution in [0.5, 0.6) is 0 Å². The zero-order chi connectivity index (χ0) is 11.7. The van der Waals surface area contributed by atoms with Crippen LogP contribution in [0.2, 0.25) is 0 Å². The molecule has 0 saturated heterocycles. The smallest absolute Gasteiger partial charge is 0.195 e. The predicted octanol–water partition coefficient (Wildman–Crippen LogP) is 4.15. The molecular weight excluding hydrogens is 354 g/mol. The second kappa shape index (κ2) is 4.81. The monoisotopic (exact) mass is 361 g/mol. The van der Waals surface area contributed by atoms with Gasteiger partial charge in [0.1, 0.15) is 0 Å². The maximum absolute atomic E-state index is 5.17. The van der Waals surface area contributed by atoms with Gasteiger partial charge in [0.2, 0.25) is 0 Å². The van der Waals surface area contributed by atoms with Crippen LogP contribution in [0.3, 0.4) is 0 Å². The lowest BCUT2D eigenvalue weighted by molar-refractivity contribution is 0.755. The van der Waals surface area contributed by atoms with E-state index in [0.29, 0.717) is 4.77 Å². The molecule has 0 radical (unpaired) electrons. The highest BCUT2D eigenvalue weighted by Crippen LogP contribution is 2.29. The predicted molar refractivity (Wildman–Crippen MR) is 73.9 cm³/mol. The van der Waals surface area contributed by atoms with Crippen molar-refractivity contribution < 1.29 is 0 Å². The number of halogens is 2. The molecule has 2 rings (SSSR count). The minimum atomic E-state index is 0.643. The van der Waals surface area contributed by atoms with Crippen molar-refractivity contribution in [3.05, 3.63) is 31.9 Å². The first kappa shape index (κ1) is 12.0. The number of H-pyrrole nitrogens is 1. The fourth-order valence-electron chi connectivity index (χ4n) is 1.49. The van der Waals surface area contributed by atoms with E-state index in [1.165, 1.54) is 0 Å². The van der Waals surface area contributed by atoms with Crippen LogP contribution in [-0.4, -0.2) is 14.8 Å². The lowest BCUT2D eigenvalue weighted by Crippen LogP contribution is -1.98. The van der Waals surface area contributed by atoms with E-state index in [-0.39, 0.29) is 0 Å². The van der Waals surface area contributed by atoms with Gasteiger partial charge in [-0.2, -0.15) is 5.10 Å². The van der Waals surface area contributed by atoms with Gasteiger partial charge < -0.3 is 4.57 Å². The highest BCUT2D eigenvalue weighted by molar-refractivity contribution is 9.11. The Hall–Kier alpha value is -0.460. The van der Waals surface area contributed by atoms with Crippen LogP contribution in [-0.2, 0) is 6.54 Å². The molecule has 0 fully saturated rings. The summed E-state index contributed by atoms with van der Waals surface area (Å²) in [6.07, 6.45) is 0. The van der Waals surface area contributed by atoms with Crippen LogP contribution in [0, 0.1) is 4.77 Å². The molecule has 0 bridgehead atoms. The normalized spacial score (nSPS) is 10.7. The molecule has 0 amide bonds. The molecule has 0 aliphatic carbocycles. The average molecular weight is 363 g/mol. The molecule has 1 aromatic carbocycles. The number of benzene rings is 1. The van der Waals surface area contributed by atoms with Crippen LogP contribution >= 0.6 is 44.1 Å². The molecule has 84 valence electrons. The molecule has 0 saturated carbocycles. The van der Waals surface area contributed by atoms with Gasteiger partial charge in [-0.25, -0.2) is 0 Å². The molecule has 0 atom stereocenters. The first-order valence-electron chi connectivity index (χ1n) is 4.74. The maximum Gasteiger partial charge on any atom is 0.195 e. The first-order valence-corrected chi connectivity index (χ1v) is 6.73. The maximum atomic E-state index is 5.17. The summed E-state index contributed by atoms with van der Waals surface area (Å²) in [5.41, 5.74) is 1.02. The summed E-state index contributed by atoms with van der Waals surface area (Å²) >= 11 is 12.1. The van der Waals surface area contributed by atoms with E-state index in [0.717, 1.165) is 26.9 Å². The van der Waals surface area contributed by atoms with E-state index in [2.05, 4.69) is 42.1 Å². The summed E-state index contributed by atoms with van der Waals surface area (Å²) in [6, 6.07) is 5.98. The van der Waals surface area contributed by atoms with Crippen molar-refractivity contribution in [1.82, 2.24) is 14.8 Å². The molecule has 0 unspecified atom stereocenters. The van der Waals surface area contributed by atoms with E-state index >= 15 is 0 Å². The van der Waals surface area contributed by atoms with Crippen molar-refractivity contribution in [3.8, 4) is 11.4 Å². The molecule has 0 aliphatic heterocycles. The highest BCUT2D eigenvalue weighted by Gasteiger charge is 2.11. The third kappa shape index (κ3) is 2.14. The van der Waals surface area contributed by atoms with Crippen LogP contribution in [0.25, 0.3) is 11.4 Å². The van der Waals surface area contributed by atoms with Gasteiger partial charge in [-0.3, -0.25) is 5.10 Å². The van der Waals surface area contributed by atoms with Crippen LogP contribution in [0.15, 0.2) is 27.1 Å². The Kier molecular flexibility index (Phi) is 3.61. The Balaban J connectivity index is 2.67. The number of nitrogens with one attached hydrogen (secondary N) is 1. The number of nitrogens with zero attached hydrogens (tertiary/aromatic N) is 2. The summed E-state index contributed by atoms with van der Waals surface area (Å²) in [4.78, 5) is 0. The Labute approximate surface area is 115 Å². The van der Waals surface area contributed by atoms with Crippen molar-refractivity contribution in [2.45, 2.75) is 13.5 Å². The number of aromatic nitrogens is 3. The third-order valence-electron chi connectivity index (χ3n) is 2.24. The van der Waals surface area contributed by atoms with Gasteiger partial charge in [0.05, 0.1) is 0 Å². The van der Waals surface area contributed by atoms with E-state index in [1.54, 1.807) is 0 Å². The van der Waals surface area contributed by atoms with Gasteiger partial charge in [-0.05, 0) is 37.3 Å². The molecule has 6 heteroatoms. The molecule has 2 aromatic rings. The molecule has 1 N–H and O–H groups in total. The minimum Gasteiger partial charge on any atom is -0.300 e. The zero-order valence-electron chi connectivity index (χ0n) is 8.50. The summed E-state index contributed by atoms with van der Waals surface area (Å²) in [7, 11) is 0. The Morgan fingerprint density at radius 3 is 2.88 bits per heavy atom. The second-order valence-corrected chi connectivity index (χ2v) is 5.38. The number of hydrogen-bond donors (Lipinski definition) is 1. The molecule has 1 aromatic heterocycles. The zero-order valence-corrected chi connectivity index (χ0v) is 12.5. The van der Waals surface area contributed by atoms with E-state index in [4.69, 9.17) is 12.2 Å². The van der Waals surface area contributed by atoms with Gasteiger partial charge in [0.25, 0.3) is 0 Å². The van der Waals surface area contributed by atoms with E-state index < -0.39 is 0 Å². The quantitative estimate of drug-likeness (QED) is 0.814. The molecule has 0 aliphatic rings. The fourth-order valence-corrected chi connectivity index (χ4v) is 2.53. The summed E-state index contributed by atoms with van der Waals surface area (Å²) in [5.74, 6) is 0.848. The Morgan fingerprint density at radius 1 is 1.44 bits per heavy atom. The van der Waals surface area contributed by atoms with Gasteiger partial charge in [0, 0.05) is 21.1 Å². The van der Waals surface area contributed by atoms with Crippen LogP contribution in [0.1, 0.15) is 6.92 Å². The van der Waals surface area contributed by atoms with Gasteiger partial charge >= 0.3 is 0 Å². The van der Waals surface area contributed by atoms with Gasteiger partial charge in [-0.15, -0.1) is 0 Å². The van der Waals surface area contributed by atoms with Gasteiger partial charge in [0.15, 0.2) is 10.6 Å². The molecule has 16 heavy (non-hydrogen) atoms. The van der Waals surface area contributed by atoms with Crippen molar-refractivity contribution >= 4 is 44.1 Å².